The second kappa shape index (κ2) is 14.8. The Morgan fingerprint density at radius 3 is 1.31 bits per heavy atom. The molecule has 29 heavy (non-hydrogen) atoms. The van der Waals surface area contributed by atoms with Crippen LogP contribution < -0.4 is 0 Å². The fourth-order valence-electron chi connectivity index (χ4n) is 7.38. The Bertz CT molecular complexity index is 363. The number of hydrogen-bond acceptors (Lipinski definition) is 0. The zero-order chi connectivity index (χ0) is 18.5. The molecule has 0 spiro atoms. The number of rotatable bonds is 4. The van der Waals surface area contributed by atoms with E-state index in [1.54, 1.807) is 0 Å². The molecule has 0 nitrogen and oxygen atoms in total. The van der Waals surface area contributed by atoms with Gasteiger partial charge in [-0.05, 0) is 0 Å². The molecule has 168 valence electrons. The molecule has 4 saturated carbocycles. The monoisotopic (exact) mass is 568 g/mol. The molecule has 8 unspecified atom stereocenters. The summed E-state index contributed by atoms with van der Waals surface area (Å²) in [6.45, 7) is 9.56. The minimum absolute atomic E-state index is 0. The molecular weight excluding hydrogens is 515 g/mol. The van der Waals surface area contributed by atoms with Crippen LogP contribution in [0.2, 0.25) is 0 Å². The average molecular weight is 567 g/mol. The van der Waals surface area contributed by atoms with Gasteiger partial charge in [0.1, 0.15) is 0 Å². The molecule has 0 aromatic heterocycles. The molecule has 0 aliphatic heterocycles. The van der Waals surface area contributed by atoms with Crippen molar-refractivity contribution in [2.75, 3.05) is 0 Å². The second-order valence-electron chi connectivity index (χ2n) is 10.2. The Labute approximate surface area is 204 Å². The minimum Gasteiger partial charge on any atom is -0.358 e. The van der Waals surface area contributed by atoms with Crippen molar-refractivity contribution < 1.29 is 25.8 Å². The molecule has 8 atom stereocenters. The molecule has 0 saturated heterocycles. The van der Waals surface area contributed by atoms with Crippen molar-refractivity contribution in [2.24, 2.45) is 47.3 Å². The van der Waals surface area contributed by atoms with Gasteiger partial charge in [0.25, 0.3) is 0 Å². The molecule has 4 aliphatic rings. The Hall–Kier alpha value is 0.870. The maximum absolute atomic E-state index is 2.67. The van der Waals surface area contributed by atoms with Crippen LogP contribution in [0.25, 0.3) is 0 Å². The Morgan fingerprint density at radius 2 is 0.966 bits per heavy atom. The SMILES string of the molecule is CCCC1C(C)[CH-]C2CCCCC21.CCCC1C(C)[CH-]C2CCCCC21.[CH3-].[CH3-].[Hf+4]. The fraction of sp³-hybridized carbons (Fsp3) is 0.857. The third-order valence-corrected chi connectivity index (χ3v) is 8.55. The summed E-state index contributed by atoms with van der Waals surface area (Å²) < 4.78 is 0. The van der Waals surface area contributed by atoms with Gasteiger partial charge in [-0.3, -0.25) is 0 Å². The van der Waals surface area contributed by atoms with Crippen molar-refractivity contribution in [1.29, 1.82) is 0 Å². The third-order valence-electron chi connectivity index (χ3n) is 8.55. The van der Waals surface area contributed by atoms with Crippen LogP contribution in [0.3, 0.4) is 0 Å². The maximum atomic E-state index is 2.67. The van der Waals surface area contributed by atoms with Crippen LogP contribution in [0.4, 0.5) is 0 Å². The Kier molecular flexibility index (Phi) is 15.3. The predicted octanol–water partition coefficient (Wildman–Crippen LogP) is 9.02. The van der Waals surface area contributed by atoms with Crippen LogP contribution in [-0.2, 0) is 25.8 Å². The summed E-state index contributed by atoms with van der Waals surface area (Å²) in [6.07, 6.45) is 23.1. The first kappa shape index (κ1) is 29.9. The van der Waals surface area contributed by atoms with Crippen molar-refractivity contribution >= 4 is 0 Å². The smallest absolute Gasteiger partial charge is 0.358 e. The van der Waals surface area contributed by atoms with Gasteiger partial charge in [-0.1, -0.05) is 128 Å². The summed E-state index contributed by atoms with van der Waals surface area (Å²) in [6, 6.07) is 0. The van der Waals surface area contributed by atoms with Gasteiger partial charge in [0.2, 0.25) is 0 Å². The van der Waals surface area contributed by atoms with Gasteiger partial charge in [0, 0.05) is 0 Å². The van der Waals surface area contributed by atoms with E-state index in [4.69, 9.17) is 0 Å². The molecule has 4 rings (SSSR count). The van der Waals surface area contributed by atoms with Crippen molar-refractivity contribution in [3.8, 4) is 0 Å². The van der Waals surface area contributed by atoms with Crippen molar-refractivity contribution in [3.05, 3.63) is 27.7 Å². The van der Waals surface area contributed by atoms with Crippen LogP contribution in [0, 0.1) is 75.0 Å². The molecule has 0 radical (unpaired) electrons. The van der Waals surface area contributed by atoms with Gasteiger partial charge in [-0.2, -0.15) is 23.7 Å². The summed E-state index contributed by atoms with van der Waals surface area (Å²) in [7, 11) is 0. The zero-order valence-corrected chi connectivity index (χ0v) is 24.4. The summed E-state index contributed by atoms with van der Waals surface area (Å²) in [4.78, 5) is 0. The van der Waals surface area contributed by atoms with Gasteiger partial charge >= 0.3 is 25.8 Å². The largest absolute Gasteiger partial charge is 4.00 e. The van der Waals surface area contributed by atoms with Gasteiger partial charge in [0.15, 0.2) is 0 Å². The van der Waals surface area contributed by atoms with Crippen LogP contribution in [0.1, 0.15) is 105 Å². The molecular formula is C28H52Hf. The van der Waals surface area contributed by atoms with Gasteiger partial charge in [-0.25, -0.2) is 0 Å². The normalized spacial score (nSPS) is 40.1. The fourth-order valence-corrected chi connectivity index (χ4v) is 7.38. The quantitative estimate of drug-likeness (QED) is 0.235. The summed E-state index contributed by atoms with van der Waals surface area (Å²) in [5.41, 5.74) is 0. The summed E-state index contributed by atoms with van der Waals surface area (Å²) in [5, 5.41) is 0. The van der Waals surface area contributed by atoms with Gasteiger partial charge in [-0.15, -0.1) is 0 Å². The topological polar surface area (TPSA) is 0 Å². The summed E-state index contributed by atoms with van der Waals surface area (Å²) in [5.74, 6) is 8.04. The third kappa shape index (κ3) is 7.46. The van der Waals surface area contributed by atoms with Gasteiger partial charge < -0.3 is 27.7 Å². The first-order chi connectivity index (χ1) is 12.7. The Balaban J connectivity index is 0.000000490. The molecule has 0 amide bonds. The standard InChI is InChI=1S/2C13H23.2CH3.Hf/c2*1-3-6-12-10(2)9-11-7-4-5-8-13(11)12;;;/h2*9-13H,3-8H2,1-2H3;2*1H3;/q4*-1;+4. The average Bonchev–Trinajstić information content (AvgIpc) is 3.13. The molecule has 1 heteroatoms. The van der Waals surface area contributed by atoms with Crippen LogP contribution in [0.5, 0.6) is 0 Å². The molecule has 0 aromatic carbocycles. The van der Waals surface area contributed by atoms with Crippen LogP contribution >= 0.6 is 0 Å². The van der Waals surface area contributed by atoms with E-state index in [0.29, 0.717) is 0 Å². The zero-order valence-electron chi connectivity index (χ0n) is 20.8. The van der Waals surface area contributed by atoms with Crippen LogP contribution in [-0.4, -0.2) is 0 Å². The minimum atomic E-state index is 0. The maximum Gasteiger partial charge on any atom is 4.00 e. The van der Waals surface area contributed by atoms with E-state index in [2.05, 4.69) is 40.5 Å². The first-order valence-corrected chi connectivity index (χ1v) is 12.4. The number of fused-ring (bicyclic) bond motifs is 2. The molecule has 0 N–H and O–H groups in total. The first-order valence-electron chi connectivity index (χ1n) is 12.4. The van der Waals surface area contributed by atoms with E-state index in [9.17, 15) is 0 Å². The molecule has 0 heterocycles. The van der Waals surface area contributed by atoms with Crippen molar-refractivity contribution in [2.45, 2.75) is 105 Å². The van der Waals surface area contributed by atoms with Crippen molar-refractivity contribution in [3.63, 3.8) is 0 Å². The van der Waals surface area contributed by atoms with E-state index < -0.39 is 0 Å². The predicted molar refractivity (Wildman–Crippen MR) is 127 cm³/mol. The molecule has 0 aromatic rings. The van der Waals surface area contributed by atoms with Gasteiger partial charge in [0.05, 0.1) is 0 Å². The van der Waals surface area contributed by atoms with Crippen molar-refractivity contribution in [1.82, 2.24) is 0 Å². The molecule has 4 aliphatic carbocycles. The van der Waals surface area contributed by atoms with E-state index in [-0.39, 0.29) is 40.7 Å². The molecule has 0 bridgehead atoms. The van der Waals surface area contributed by atoms with E-state index in [1.165, 1.54) is 77.0 Å². The van der Waals surface area contributed by atoms with E-state index in [1.807, 2.05) is 0 Å². The number of hydrogen-bond donors (Lipinski definition) is 0. The van der Waals surface area contributed by atoms with Crippen LogP contribution in [0.15, 0.2) is 0 Å². The van der Waals surface area contributed by atoms with E-state index in [0.717, 1.165) is 47.3 Å². The second-order valence-corrected chi connectivity index (χ2v) is 10.2. The van der Waals surface area contributed by atoms with E-state index >= 15 is 0 Å². The summed E-state index contributed by atoms with van der Waals surface area (Å²) >= 11 is 0. The molecule has 4 fully saturated rings. The Morgan fingerprint density at radius 1 is 0.621 bits per heavy atom.